The number of halogens is 1. The van der Waals surface area contributed by atoms with E-state index in [1.165, 1.54) is 0 Å². The Morgan fingerprint density at radius 3 is 2.71 bits per heavy atom. The van der Waals surface area contributed by atoms with Crippen LogP contribution in [0.1, 0.15) is 11.1 Å². The van der Waals surface area contributed by atoms with Crippen molar-refractivity contribution in [3.63, 3.8) is 0 Å². The minimum atomic E-state index is 0.378. The van der Waals surface area contributed by atoms with Gasteiger partial charge in [0.05, 0.1) is 5.02 Å². The molecule has 1 aromatic carbocycles. The average molecular weight is 249 g/mol. The van der Waals surface area contributed by atoms with Gasteiger partial charge >= 0.3 is 0 Å². The molecule has 0 bridgehead atoms. The Morgan fingerprint density at radius 1 is 1.24 bits per heavy atom. The second-order valence-electron chi connectivity index (χ2n) is 3.59. The molecule has 4 heteroatoms. The quantitative estimate of drug-likeness (QED) is 0.905. The van der Waals surface area contributed by atoms with Gasteiger partial charge < -0.3 is 10.5 Å². The fraction of sp³-hybridized carbons (Fsp3) is 0.154. The molecule has 2 N–H and O–H groups in total. The van der Waals surface area contributed by atoms with Gasteiger partial charge in [0.1, 0.15) is 6.61 Å². The van der Waals surface area contributed by atoms with Crippen molar-refractivity contribution in [1.29, 1.82) is 0 Å². The second-order valence-corrected chi connectivity index (χ2v) is 4.00. The summed E-state index contributed by atoms with van der Waals surface area (Å²) in [5, 5.41) is 0.569. The van der Waals surface area contributed by atoms with Crippen LogP contribution in [0.3, 0.4) is 0 Å². The van der Waals surface area contributed by atoms with Gasteiger partial charge in [0.15, 0.2) is 0 Å². The number of ether oxygens (including phenoxy) is 1. The molecule has 0 saturated heterocycles. The van der Waals surface area contributed by atoms with E-state index in [2.05, 4.69) is 4.98 Å². The van der Waals surface area contributed by atoms with Gasteiger partial charge in [0, 0.05) is 18.8 Å². The van der Waals surface area contributed by atoms with Gasteiger partial charge in [-0.05, 0) is 11.1 Å². The number of pyridine rings is 1. The number of rotatable bonds is 4. The predicted octanol–water partition coefficient (Wildman–Crippen LogP) is 2.77. The Balaban J connectivity index is 2.04. The van der Waals surface area contributed by atoms with Gasteiger partial charge in [-0.25, -0.2) is 4.98 Å². The molecule has 2 rings (SSSR count). The molecule has 17 heavy (non-hydrogen) atoms. The Kier molecular flexibility index (Phi) is 3.96. The Labute approximate surface area is 105 Å². The third kappa shape index (κ3) is 3.19. The molecule has 0 radical (unpaired) electrons. The first-order valence-corrected chi connectivity index (χ1v) is 5.68. The normalized spacial score (nSPS) is 10.2. The topological polar surface area (TPSA) is 48.1 Å². The van der Waals surface area contributed by atoms with E-state index >= 15 is 0 Å². The van der Waals surface area contributed by atoms with Gasteiger partial charge in [-0.15, -0.1) is 0 Å². The first kappa shape index (κ1) is 11.9. The summed E-state index contributed by atoms with van der Waals surface area (Å²) >= 11 is 5.92. The van der Waals surface area contributed by atoms with Crippen LogP contribution in [-0.4, -0.2) is 4.98 Å². The van der Waals surface area contributed by atoms with Crippen LogP contribution in [0, 0.1) is 0 Å². The molecule has 0 fully saturated rings. The minimum Gasteiger partial charge on any atom is -0.473 e. The van der Waals surface area contributed by atoms with Crippen molar-refractivity contribution in [2.24, 2.45) is 5.73 Å². The monoisotopic (exact) mass is 248 g/mol. The molecule has 0 saturated carbocycles. The Morgan fingerprint density at radius 2 is 2.00 bits per heavy atom. The molecule has 2 aromatic rings. The van der Waals surface area contributed by atoms with Crippen molar-refractivity contribution in [2.75, 3.05) is 0 Å². The maximum atomic E-state index is 5.92. The van der Waals surface area contributed by atoms with Crippen molar-refractivity contribution >= 4 is 11.6 Å². The van der Waals surface area contributed by atoms with Crippen molar-refractivity contribution in [1.82, 2.24) is 4.98 Å². The van der Waals surface area contributed by atoms with Crippen LogP contribution in [0.15, 0.2) is 42.6 Å². The lowest BCUT2D eigenvalue weighted by Gasteiger charge is -2.07. The maximum absolute atomic E-state index is 5.92. The number of aromatic nitrogens is 1. The Bertz CT molecular complexity index is 488. The SMILES string of the molecule is NCc1cc(OCc2ccccc2)ncc1Cl. The maximum Gasteiger partial charge on any atom is 0.213 e. The zero-order chi connectivity index (χ0) is 12.1. The van der Waals surface area contributed by atoms with E-state index in [0.717, 1.165) is 11.1 Å². The second kappa shape index (κ2) is 5.66. The van der Waals surface area contributed by atoms with Crippen LogP contribution in [-0.2, 0) is 13.2 Å². The highest BCUT2D eigenvalue weighted by Crippen LogP contribution is 2.19. The fourth-order valence-electron chi connectivity index (χ4n) is 1.43. The van der Waals surface area contributed by atoms with Gasteiger partial charge in [-0.2, -0.15) is 0 Å². The summed E-state index contributed by atoms with van der Waals surface area (Å²) in [6.07, 6.45) is 1.56. The lowest BCUT2D eigenvalue weighted by Crippen LogP contribution is -2.01. The van der Waals surface area contributed by atoms with Gasteiger partial charge in [0.25, 0.3) is 0 Å². The van der Waals surface area contributed by atoms with Crippen molar-refractivity contribution < 1.29 is 4.74 Å². The molecule has 0 aliphatic carbocycles. The first-order chi connectivity index (χ1) is 8.29. The lowest BCUT2D eigenvalue weighted by atomic mass is 10.2. The molecule has 3 nitrogen and oxygen atoms in total. The number of nitrogens with zero attached hydrogens (tertiary/aromatic N) is 1. The summed E-state index contributed by atoms with van der Waals surface area (Å²) in [7, 11) is 0. The molecular weight excluding hydrogens is 236 g/mol. The molecule has 1 aromatic heterocycles. The molecule has 0 atom stereocenters. The highest BCUT2D eigenvalue weighted by Gasteiger charge is 2.02. The molecule has 1 heterocycles. The third-order valence-electron chi connectivity index (χ3n) is 2.36. The smallest absolute Gasteiger partial charge is 0.213 e. The molecule has 0 aliphatic rings. The summed E-state index contributed by atoms with van der Waals surface area (Å²) in [6.45, 7) is 0.864. The van der Waals surface area contributed by atoms with Crippen LogP contribution in [0.25, 0.3) is 0 Å². The zero-order valence-electron chi connectivity index (χ0n) is 9.27. The average Bonchev–Trinajstić information content (AvgIpc) is 2.39. The molecule has 0 aliphatic heterocycles. The zero-order valence-corrected chi connectivity index (χ0v) is 10.0. The molecule has 0 spiro atoms. The van der Waals surface area contributed by atoms with E-state index in [1.54, 1.807) is 12.3 Å². The molecular formula is C13H13ClN2O. The van der Waals surface area contributed by atoms with Gasteiger partial charge in [0.2, 0.25) is 5.88 Å². The standard InChI is InChI=1S/C13H13ClN2O/c14-12-8-16-13(6-11(12)7-15)17-9-10-4-2-1-3-5-10/h1-6,8H,7,9,15H2. The van der Waals surface area contributed by atoms with Gasteiger partial charge in [-0.1, -0.05) is 41.9 Å². The van der Waals surface area contributed by atoms with E-state index in [9.17, 15) is 0 Å². The summed E-state index contributed by atoms with van der Waals surface area (Å²) in [4.78, 5) is 4.09. The number of nitrogens with two attached hydrogens (primary N) is 1. The predicted molar refractivity (Wildman–Crippen MR) is 67.9 cm³/mol. The first-order valence-electron chi connectivity index (χ1n) is 5.31. The summed E-state index contributed by atoms with van der Waals surface area (Å²) in [6, 6.07) is 11.7. The summed E-state index contributed by atoms with van der Waals surface area (Å²) in [5.74, 6) is 0.540. The highest BCUT2D eigenvalue weighted by atomic mass is 35.5. The largest absolute Gasteiger partial charge is 0.473 e. The molecule has 0 amide bonds. The fourth-order valence-corrected chi connectivity index (χ4v) is 1.61. The van der Waals surface area contributed by atoms with E-state index in [-0.39, 0.29) is 0 Å². The van der Waals surface area contributed by atoms with Crippen LogP contribution in [0.5, 0.6) is 5.88 Å². The van der Waals surface area contributed by atoms with E-state index in [0.29, 0.717) is 24.1 Å². The third-order valence-corrected chi connectivity index (χ3v) is 2.70. The van der Waals surface area contributed by atoms with Crippen molar-refractivity contribution in [2.45, 2.75) is 13.2 Å². The highest BCUT2D eigenvalue weighted by molar-refractivity contribution is 6.31. The number of hydrogen-bond donors (Lipinski definition) is 1. The summed E-state index contributed by atoms with van der Waals surface area (Å²) < 4.78 is 5.56. The van der Waals surface area contributed by atoms with Crippen molar-refractivity contribution in [3.05, 3.63) is 58.7 Å². The lowest BCUT2D eigenvalue weighted by molar-refractivity contribution is 0.293. The molecule has 0 unspecified atom stereocenters. The minimum absolute atomic E-state index is 0.378. The Hall–Kier alpha value is -1.58. The summed E-state index contributed by atoms with van der Waals surface area (Å²) in [5.41, 5.74) is 7.49. The van der Waals surface area contributed by atoms with Crippen LogP contribution in [0.4, 0.5) is 0 Å². The van der Waals surface area contributed by atoms with Crippen LogP contribution < -0.4 is 10.5 Å². The van der Waals surface area contributed by atoms with E-state index in [1.807, 2.05) is 30.3 Å². The van der Waals surface area contributed by atoms with Gasteiger partial charge in [-0.3, -0.25) is 0 Å². The molecule has 88 valence electrons. The van der Waals surface area contributed by atoms with Crippen molar-refractivity contribution in [3.8, 4) is 5.88 Å². The van der Waals surface area contributed by atoms with E-state index in [4.69, 9.17) is 22.1 Å². The van der Waals surface area contributed by atoms with Crippen LogP contribution in [0.2, 0.25) is 5.02 Å². The van der Waals surface area contributed by atoms with Crippen LogP contribution >= 0.6 is 11.6 Å². The number of benzene rings is 1. The van der Waals surface area contributed by atoms with E-state index < -0.39 is 0 Å². The number of hydrogen-bond acceptors (Lipinski definition) is 3.